The van der Waals surface area contributed by atoms with Crippen molar-refractivity contribution in [3.63, 3.8) is 0 Å². The van der Waals surface area contributed by atoms with Crippen molar-refractivity contribution in [3.8, 4) is 0 Å². The predicted octanol–water partition coefficient (Wildman–Crippen LogP) is 5.29. The standard InChI is InChI=1S/C24H32O2/c25-23(26-24(10-4-5-11-24)18-6-2-1-3-7-18)20-14-17-13-19(20)22-16-9-8-15(12-16)21(17)22/h4,8-10,15-22H,1-3,5-7,11-14H2. The van der Waals surface area contributed by atoms with Crippen molar-refractivity contribution in [2.24, 2.45) is 47.3 Å². The van der Waals surface area contributed by atoms with Crippen molar-refractivity contribution >= 4 is 5.97 Å². The SMILES string of the molecule is O=C(OC1(C2CCCCC2)C=CCC1)C1CC2CC1C1C3C=CC(C3)C21. The molecule has 8 atom stereocenters. The molecule has 0 aromatic rings. The van der Waals surface area contributed by atoms with Gasteiger partial charge in [-0.25, -0.2) is 0 Å². The second-order valence-electron chi connectivity index (χ2n) is 10.3. The quantitative estimate of drug-likeness (QED) is 0.392. The van der Waals surface area contributed by atoms with Crippen LogP contribution in [0, 0.1) is 47.3 Å². The molecule has 2 heteroatoms. The number of hydrogen-bond donors (Lipinski definition) is 0. The molecule has 6 aliphatic carbocycles. The highest BCUT2D eigenvalue weighted by molar-refractivity contribution is 5.74. The second-order valence-corrected chi connectivity index (χ2v) is 10.3. The van der Waals surface area contributed by atoms with E-state index in [0.29, 0.717) is 11.8 Å². The third kappa shape index (κ3) is 2.14. The first-order valence-corrected chi connectivity index (χ1v) is 11.3. The van der Waals surface area contributed by atoms with Gasteiger partial charge in [-0.1, -0.05) is 37.5 Å². The Hall–Kier alpha value is -1.05. The van der Waals surface area contributed by atoms with Gasteiger partial charge in [0.2, 0.25) is 0 Å². The Balaban J connectivity index is 1.21. The minimum Gasteiger partial charge on any atom is -0.454 e. The molecule has 4 saturated carbocycles. The van der Waals surface area contributed by atoms with Crippen LogP contribution < -0.4 is 0 Å². The molecule has 8 unspecified atom stereocenters. The Kier molecular flexibility index (Phi) is 3.51. The zero-order valence-electron chi connectivity index (χ0n) is 15.8. The summed E-state index contributed by atoms with van der Waals surface area (Å²) in [6.07, 6.45) is 21.9. The number of carbonyl (C=O) groups excluding carboxylic acids is 1. The van der Waals surface area contributed by atoms with Crippen LogP contribution in [-0.2, 0) is 9.53 Å². The van der Waals surface area contributed by atoms with Crippen molar-refractivity contribution in [2.75, 3.05) is 0 Å². The third-order valence-corrected chi connectivity index (χ3v) is 9.26. The topological polar surface area (TPSA) is 26.3 Å². The minimum absolute atomic E-state index is 0.167. The van der Waals surface area contributed by atoms with E-state index in [1.807, 2.05) is 0 Å². The van der Waals surface area contributed by atoms with Gasteiger partial charge in [0.1, 0.15) is 5.60 Å². The van der Waals surface area contributed by atoms with Gasteiger partial charge < -0.3 is 4.74 Å². The summed E-state index contributed by atoms with van der Waals surface area (Å²) < 4.78 is 6.46. The average molecular weight is 353 g/mol. The van der Waals surface area contributed by atoms with E-state index < -0.39 is 0 Å². The highest BCUT2D eigenvalue weighted by Crippen LogP contribution is 2.67. The van der Waals surface area contributed by atoms with Gasteiger partial charge >= 0.3 is 5.97 Å². The van der Waals surface area contributed by atoms with Gasteiger partial charge in [-0.05, 0) is 86.5 Å². The van der Waals surface area contributed by atoms with Crippen LogP contribution in [0.25, 0.3) is 0 Å². The highest BCUT2D eigenvalue weighted by Gasteiger charge is 2.63. The van der Waals surface area contributed by atoms with Crippen molar-refractivity contribution < 1.29 is 9.53 Å². The first-order chi connectivity index (χ1) is 12.8. The number of esters is 1. The molecule has 6 aliphatic rings. The Bertz CT molecular complexity index is 657. The molecule has 0 aliphatic heterocycles. The number of fused-ring (bicyclic) bond motifs is 9. The molecule has 0 spiro atoms. The number of ether oxygens (including phenoxy) is 1. The molecule has 26 heavy (non-hydrogen) atoms. The van der Waals surface area contributed by atoms with Crippen LogP contribution in [0.3, 0.4) is 0 Å². The average Bonchev–Trinajstić information content (AvgIpc) is 3.47. The number of hydrogen-bond acceptors (Lipinski definition) is 2. The Labute approximate surface area is 157 Å². The molecule has 4 fully saturated rings. The van der Waals surface area contributed by atoms with E-state index in [9.17, 15) is 4.79 Å². The largest absolute Gasteiger partial charge is 0.454 e. The predicted molar refractivity (Wildman–Crippen MR) is 101 cm³/mol. The van der Waals surface area contributed by atoms with Gasteiger partial charge in [-0.3, -0.25) is 4.79 Å². The zero-order chi connectivity index (χ0) is 17.3. The molecule has 0 saturated heterocycles. The fourth-order valence-corrected chi connectivity index (χ4v) is 8.32. The van der Waals surface area contributed by atoms with E-state index in [-0.39, 0.29) is 17.5 Å². The van der Waals surface area contributed by atoms with Crippen LogP contribution in [0.15, 0.2) is 24.3 Å². The van der Waals surface area contributed by atoms with E-state index in [2.05, 4.69) is 24.3 Å². The fraction of sp³-hybridized carbons (Fsp3) is 0.792. The molecule has 4 bridgehead atoms. The van der Waals surface area contributed by atoms with Crippen LogP contribution in [-0.4, -0.2) is 11.6 Å². The molecular weight excluding hydrogens is 320 g/mol. The third-order valence-electron chi connectivity index (χ3n) is 9.26. The second kappa shape index (κ2) is 5.72. The zero-order valence-corrected chi connectivity index (χ0v) is 15.8. The van der Waals surface area contributed by atoms with Gasteiger partial charge in [-0.15, -0.1) is 0 Å². The molecule has 6 rings (SSSR count). The Morgan fingerprint density at radius 2 is 1.77 bits per heavy atom. The van der Waals surface area contributed by atoms with Crippen molar-refractivity contribution in [2.45, 2.75) is 69.8 Å². The van der Waals surface area contributed by atoms with Crippen LogP contribution in [0.4, 0.5) is 0 Å². The lowest BCUT2D eigenvalue weighted by molar-refractivity contribution is -0.169. The summed E-state index contributed by atoms with van der Waals surface area (Å²) >= 11 is 0. The monoisotopic (exact) mass is 352 g/mol. The molecule has 0 N–H and O–H groups in total. The molecule has 0 aromatic carbocycles. The summed E-state index contributed by atoms with van der Waals surface area (Å²) in [6, 6.07) is 0. The molecule has 0 aromatic heterocycles. The Morgan fingerprint density at radius 3 is 2.54 bits per heavy atom. The summed E-state index contributed by atoms with van der Waals surface area (Å²) in [7, 11) is 0. The number of allylic oxidation sites excluding steroid dienone is 3. The normalized spacial score (nSPS) is 51.3. The summed E-state index contributed by atoms with van der Waals surface area (Å²) in [6.45, 7) is 0. The molecule has 0 amide bonds. The molecular formula is C24H32O2. The Morgan fingerprint density at radius 1 is 0.962 bits per heavy atom. The smallest absolute Gasteiger partial charge is 0.310 e. The van der Waals surface area contributed by atoms with Crippen LogP contribution >= 0.6 is 0 Å². The highest BCUT2D eigenvalue weighted by atomic mass is 16.6. The molecule has 140 valence electrons. The maximum absolute atomic E-state index is 13.4. The van der Waals surface area contributed by atoms with E-state index >= 15 is 0 Å². The van der Waals surface area contributed by atoms with Crippen LogP contribution in [0.1, 0.15) is 64.2 Å². The maximum Gasteiger partial charge on any atom is 0.310 e. The van der Waals surface area contributed by atoms with Gasteiger partial charge in [0.05, 0.1) is 5.92 Å². The lowest BCUT2D eigenvalue weighted by Crippen LogP contribution is -2.44. The van der Waals surface area contributed by atoms with E-state index in [0.717, 1.165) is 48.9 Å². The van der Waals surface area contributed by atoms with E-state index in [1.54, 1.807) is 0 Å². The van der Waals surface area contributed by atoms with Crippen LogP contribution in [0.5, 0.6) is 0 Å². The summed E-state index contributed by atoms with van der Waals surface area (Å²) in [5.41, 5.74) is -0.257. The summed E-state index contributed by atoms with van der Waals surface area (Å²) in [4.78, 5) is 13.4. The van der Waals surface area contributed by atoms with E-state index in [1.165, 1.54) is 44.9 Å². The van der Waals surface area contributed by atoms with Gasteiger partial charge in [0.25, 0.3) is 0 Å². The first-order valence-electron chi connectivity index (χ1n) is 11.3. The van der Waals surface area contributed by atoms with Gasteiger partial charge in [0, 0.05) is 5.92 Å². The van der Waals surface area contributed by atoms with Gasteiger partial charge in [0.15, 0.2) is 0 Å². The maximum atomic E-state index is 13.4. The summed E-state index contributed by atoms with van der Waals surface area (Å²) in [5.74, 6) is 5.65. The lowest BCUT2D eigenvalue weighted by Gasteiger charge is -2.41. The summed E-state index contributed by atoms with van der Waals surface area (Å²) in [5, 5.41) is 0. The van der Waals surface area contributed by atoms with Crippen molar-refractivity contribution in [1.29, 1.82) is 0 Å². The minimum atomic E-state index is -0.257. The molecule has 2 nitrogen and oxygen atoms in total. The van der Waals surface area contributed by atoms with Crippen LogP contribution in [0.2, 0.25) is 0 Å². The van der Waals surface area contributed by atoms with E-state index in [4.69, 9.17) is 4.74 Å². The number of carbonyl (C=O) groups is 1. The molecule has 0 heterocycles. The first kappa shape index (κ1) is 16.0. The van der Waals surface area contributed by atoms with Gasteiger partial charge in [-0.2, -0.15) is 0 Å². The lowest BCUT2D eigenvalue weighted by atomic mass is 9.69. The fourth-order valence-electron chi connectivity index (χ4n) is 8.32. The molecule has 0 radical (unpaired) electrons. The van der Waals surface area contributed by atoms with Crippen molar-refractivity contribution in [1.82, 2.24) is 0 Å². The number of rotatable bonds is 3. The van der Waals surface area contributed by atoms with Crippen molar-refractivity contribution in [3.05, 3.63) is 24.3 Å².